The molecule has 0 aliphatic carbocycles. The Labute approximate surface area is 159 Å². The maximum Gasteiger partial charge on any atom is 0.490 e. The molecule has 3 rings (SSSR count). The van der Waals surface area contributed by atoms with Crippen LogP contribution < -0.4 is 5.73 Å². The molecule has 1 amide bonds. The molecule has 0 aromatic carbocycles. The average Bonchev–Trinajstić information content (AvgIpc) is 3.21. The Hall–Kier alpha value is -2.25. The van der Waals surface area contributed by atoms with Gasteiger partial charge in [-0.25, -0.2) is 14.8 Å². The van der Waals surface area contributed by atoms with Gasteiger partial charge in [0.2, 0.25) is 0 Å². The quantitative estimate of drug-likeness (QED) is 0.759. The van der Waals surface area contributed by atoms with Crippen LogP contribution in [0, 0.1) is 6.92 Å². The van der Waals surface area contributed by atoms with Gasteiger partial charge in [-0.15, -0.1) is 11.3 Å². The van der Waals surface area contributed by atoms with Crippen LogP contribution in [0.3, 0.4) is 0 Å². The summed E-state index contributed by atoms with van der Waals surface area (Å²) in [4.78, 5) is 32.5. The van der Waals surface area contributed by atoms with Crippen LogP contribution in [-0.2, 0) is 9.53 Å². The molecular weight excluding hydrogens is 409 g/mol. The van der Waals surface area contributed by atoms with Gasteiger partial charge in [0.15, 0.2) is 10.1 Å². The summed E-state index contributed by atoms with van der Waals surface area (Å²) in [6.45, 7) is 4.33. The number of nitrogens with zero attached hydrogens (tertiary/aromatic N) is 3. The van der Waals surface area contributed by atoms with E-state index in [-0.39, 0.29) is 5.91 Å². The summed E-state index contributed by atoms with van der Waals surface area (Å²) in [7, 11) is 0. The fourth-order valence-corrected chi connectivity index (χ4v) is 3.68. The second-order valence-electron chi connectivity index (χ2n) is 5.21. The molecule has 8 nitrogen and oxygen atoms in total. The molecule has 1 saturated heterocycles. The molecule has 2 aromatic rings. The molecule has 3 heterocycles. The monoisotopic (exact) mass is 424 g/mol. The number of alkyl halides is 3. The molecule has 0 radical (unpaired) electrons. The standard InChI is InChI=1S/C12H14N4O2S2.C2HF3O2/c1-7-9(20-12(13)14-7)8-6-19-10(15-8)11(17)16-2-4-18-5-3-16;3-2(4,5)1(6)7/h6H,2-5H2,1H3,(H2,13,14);(H,6,7). The van der Waals surface area contributed by atoms with E-state index in [2.05, 4.69) is 9.97 Å². The Morgan fingerprint density at radius 3 is 2.37 bits per heavy atom. The van der Waals surface area contributed by atoms with E-state index in [0.717, 1.165) is 16.3 Å². The number of ether oxygens (including phenoxy) is 1. The smallest absolute Gasteiger partial charge is 0.475 e. The first-order valence-corrected chi connectivity index (χ1v) is 9.15. The Kier molecular flexibility index (Phi) is 6.73. The van der Waals surface area contributed by atoms with Crippen molar-refractivity contribution in [2.24, 2.45) is 0 Å². The van der Waals surface area contributed by atoms with Crippen molar-refractivity contribution in [3.05, 3.63) is 16.1 Å². The number of thiazole rings is 2. The minimum absolute atomic E-state index is 0.0281. The zero-order chi connectivity index (χ0) is 20.2. The fourth-order valence-electron chi connectivity index (χ4n) is 2.03. The van der Waals surface area contributed by atoms with Crippen LogP contribution in [0.15, 0.2) is 5.38 Å². The first kappa shape index (κ1) is 21.1. The highest BCUT2D eigenvalue weighted by Crippen LogP contribution is 2.32. The fraction of sp³-hybridized carbons (Fsp3) is 0.429. The first-order chi connectivity index (χ1) is 12.6. The predicted molar refractivity (Wildman–Crippen MR) is 92.8 cm³/mol. The highest BCUT2D eigenvalue weighted by Gasteiger charge is 2.38. The maximum absolute atomic E-state index is 12.3. The van der Waals surface area contributed by atoms with E-state index in [1.165, 1.54) is 22.7 Å². The van der Waals surface area contributed by atoms with Crippen LogP contribution in [0.1, 0.15) is 15.5 Å². The summed E-state index contributed by atoms with van der Waals surface area (Å²) >= 11 is 2.75. The van der Waals surface area contributed by atoms with Gasteiger partial charge >= 0.3 is 12.1 Å². The second-order valence-corrected chi connectivity index (χ2v) is 7.10. The Morgan fingerprint density at radius 2 is 1.89 bits per heavy atom. The number of carbonyl (C=O) groups excluding carboxylic acids is 1. The number of hydrogen-bond donors (Lipinski definition) is 2. The minimum Gasteiger partial charge on any atom is -0.475 e. The number of carboxylic acid groups (broad SMARTS) is 1. The average molecular weight is 424 g/mol. The highest BCUT2D eigenvalue weighted by atomic mass is 32.1. The van der Waals surface area contributed by atoms with E-state index in [1.54, 1.807) is 4.90 Å². The van der Waals surface area contributed by atoms with E-state index in [9.17, 15) is 18.0 Å². The second kappa shape index (κ2) is 8.63. The molecule has 0 unspecified atom stereocenters. The number of morpholine rings is 1. The molecular formula is C14H15F3N4O4S2. The van der Waals surface area contributed by atoms with Gasteiger partial charge in [0, 0.05) is 18.5 Å². The Balaban J connectivity index is 0.000000321. The molecule has 27 heavy (non-hydrogen) atoms. The molecule has 1 fully saturated rings. The number of carboxylic acids is 1. The molecule has 13 heteroatoms. The number of nitrogen functional groups attached to an aromatic ring is 1. The minimum atomic E-state index is -5.08. The Morgan fingerprint density at radius 1 is 1.30 bits per heavy atom. The van der Waals surface area contributed by atoms with E-state index < -0.39 is 12.1 Å². The van der Waals surface area contributed by atoms with Crippen molar-refractivity contribution in [1.29, 1.82) is 0 Å². The van der Waals surface area contributed by atoms with Gasteiger partial charge in [-0.3, -0.25) is 4.79 Å². The predicted octanol–water partition coefficient (Wildman–Crippen LogP) is 2.26. The molecule has 148 valence electrons. The number of carbonyl (C=O) groups is 2. The van der Waals surface area contributed by atoms with Crippen LogP contribution in [0.4, 0.5) is 18.3 Å². The number of nitrogens with two attached hydrogens (primary N) is 1. The van der Waals surface area contributed by atoms with Crippen LogP contribution in [0.5, 0.6) is 0 Å². The number of aromatic nitrogens is 2. The lowest BCUT2D eigenvalue weighted by atomic mass is 10.3. The number of halogens is 3. The molecule has 0 saturated carbocycles. The summed E-state index contributed by atoms with van der Waals surface area (Å²) < 4.78 is 37.0. The molecule has 0 atom stereocenters. The summed E-state index contributed by atoms with van der Waals surface area (Å²) in [5.74, 6) is -2.79. The lowest BCUT2D eigenvalue weighted by molar-refractivity contribution is -0.192. The lowest BCUT2D eigenvalue weighted by Crippen LogP contribution is -2.40. The topological polar surface area (TPSA) is 119 Å². The molecule has 0 spiro atoms. The third-order valence-corrected chi connectivity index (χ3v) is 5.11. The maximum atomic E-state index is 12.3. The molecule has 1 aliphatic rings. The lowest BCUT2D eigenvalue weighted by Gasteiger charge is -2.25. The van der Waals surface area contributed by atoms with Crippen molar-refractivity contribution in [1.82, 2.24) is 14.9 Å². The van der Waals surface area contributed by atoms with Crippen molar-refractivity contribution in [2.75, 3.05) is 32.0 Å². The number of rotatable bonds is 2. The van der Waals surface area contributed by atoms with Gasteiger partial charge in [-0.1, -0.05) is 11.3 Å². The largest absolute Gasteiger partial charge is 0.490 e. The van der Waals surface area contributed by atoms with Gasteiger partial charge < -0.3 is 20.5 Å². The molecule has 1 aliphatic heterocycles. The number of aryl methyl sites for hydroxylation is 1. The summed E-state index contributed by atoms with van der Waals surface area (Å²) in [6.07, 6.45) is -5.08. The van der Waals surface area contributed by atoms with Crippen LogP contribution >= 0.6 is 22.7 Å². The van der Waals surface area contributed by atoms with E-state index in [1.807, 2.05) is 12.3 Å². The van der Waals surface area contributed by atoms with Gasteiger partial charge in [-0.2, -0.15) is 13.2 Å². The SMILES string of the molecule is Cc1nc(N)sc1-c1csc(C(=O)N2CCOCC2)n1.O=C(O)C(F)(F)F. The summed E-state index contributed by atoms with van der Waals surface area (Å²) in [5.41, 5.74) is 7.32. The van der Waals surface area contributed by atoms with Crippen molar-refractivity contribution in [3.63, 3.8) is 0 Å². The van der Waals surface area contributed by atoms with Crippen molar-refractivity contribution in [2.45, 2.75) is 13.1 Å². The van der Waals surface area contributed by atoms with Gasteiger partial charge in [-0.05, 0) is 6.92 Å². The molecule has 2 aromatic heterocycles. The van der Waals surface area contributed by atoms with Gasteiger partial charge in [0.1, 0.15) is 0 Å². The number of aliphatic carboxylic acids is 1. The van der Waals surface area contributed by atoms with Crippen LogP contribution in [-0.4, -0.2) is 64.3 Å². The van der Waals surface area contributed by atoms with Gasteiger partial charge in [0.25, 0.3) is 5.91 Å². The first-order valence-electron chi connectivity index (χ1n) is 7.45. The molecule has 3 N–H and O–H groups in total. The highest BCUT2D eigenvalue weighted by molar-refractivity contribution is 7.19. The third kappa shape index (κ3) is 5.61. The number of hydrogen-bond acceptors (Lipinski definition) is 8. The van der Waals surface area contributed by atoms with Crippen molar-refractivity contribution >= 4 is 39.7 Å². The zero-order valence-electron chi connectivity index (χ0n) is 13.9. The number of amides is 1. The summed E-state index contributed by atoms with van der Waals surface area (Å²) in [6, 6.07) is 0. The zero-order valence-corrected chi connectivity index (χ0v) is 15.6. The summed E-state index contributed by atoms with van der Waals surface area (Å²) in [5, 5.41) is 10.0. The Bertz CT molecular complexity index is 816. The normalized spacial score (nSPS) is 14.4. The molecule has 0 bridgehead atoms. The van der Waals surface area contributed by atoms with E-state index >= 15 is 0 Å². The van der Waals surface area contributed by atoms with Crippen molar-refractivity contribution < 1.29 is 32.6 Å². The van der Waals surface area contributed by atoms with E-state index in [4.69, 9.17) is 20.4 Å². The van der Waals surface area contributed by atoms with Crippen LogP contribution in [0.25, 0.3) is 10.6 Å². The van der Waals surface area contributed by atoms with Crippen LogP contribution in [0.2, 0.25) is 0 Å². The number of anilines is 1. The van der Waals surface area contributed by atoms with Gasteiger partial charge in [0.05, 0.1) is 29.5 Å². The third-order valence-electron chi connectivity index (χ3n) is 3.27. The van der Waals surface area contributed by atoms with E-state index in [0.29, 0.717) is 36.4 Å². The van der Waals surface area contributed by atoms with Crippen molar-refractivity contribution in [3.8, 4) is 10.6 Å².